The van der Waals surface area contributed by atoms with E-state index in [1.165, 1.54) is 30.0 Å². The lowest BCUT2D eigenvalue weighted by Gasteiger charge is -2.24. The number of nitrogen functional groups attached to an aromatic ring is 1. The third-order valence-corrected chi connectivity index (χ3v) is 8.65. The first-order valence-corrected chi connectivity index (χ1v) is 14.1. The van der Waals surface area contributed by atoms with Gasteiger partial charge in [0.25, 0.3) is 5.56 Å². The summed E-state index contributed by atoms with van der Waals surface area (Å²) in [6.45, 7) is 2.23. The Balaban J connectivity index is 1.33. The molecule has 2 aliphatic rings. The fourth-order valence-electron chi connectivity index (χ4n) is 5.34. The Bertz CT molecular complexity index is 1540. The van der Waals surface area contributed by atoms with E-state index in [9.17, 15) is 24.7 Å². The largest absolute Gasteiger partial charge is 0.575 e. The predicted octanol–water partition coefficient (Wildman–Crippen LogP) is 2.04. The Morgan fingerprint density at radius 2 is 2.07 bits per heavy atom. The van der Waals surface area contributed by atoms with Crippen molar-refractivity contribution in [2.45, 2.75) is 69.2 Å². The highest BCUT2D eigenvalue weighted by Crippen LogP contribution is 2.44. The molecule has 2 aromatic heterocycles. The number of nitrogens with zero attached hydrogens (tertiary/aromatic N) is 4. The summed E-state index contributed by atoms with van der Waals surface area (Å²) in [4.78, 5) is 47.3. The molecule has 0 radical (unpaired) electrons. The molecule has 0 spiro atoms. The van der Waals surface area contributed by atoms with Crippen molar-refractivity contribution in [3.8, 4) is 11.5 Å². The molecule has 1 unspecified atom stereocenters. The minimum atomic E-state index is -2.79. The highest BCUT2D eigenvalue weighted by atomic mass is 31.1. The van der Waals surface area contributed by atoms with E-state index in [1.54, 1.807) is 12.1 Å². The standard InChI is InChI=1S/C25H30FN6O8P/c1-24(26)18(33)16(39-21(24)32-12-28-17-19(32)29-23(27)30-20(17)34)11-38-14-9-5-6-10-15(14)40-41(37)31-25(2,22(35)36)13-7-3-4-8-13/h5-6,9-10,12-13,16,18,21,33H,3-4,7-8,11H2,1-2H3,(H,35,36)(H3,27,29,30,34)/t16-,18-,21-,24-,25+/m1/s1. The van der Waals surface area contributed by atoms with Crippen LogP contribution in [-0.2, 0) is 9.53 Å². The van der Waals surface area contributed by atoms with Crippen LogP contribution in [0.25, 0.3) is 11.2 Å². The summed E-state index contributed by atoms with van der Waals surface area (Å²) in [5, 5.41) is 20.6. The maximum Gasteiger partial charge on any atom is 0.395 e. The van der Waals surface area contributed by atoms with Gasteiger partial charge in [-0.1, -0.05) is 29.7 Å². The van der Waals surface area contributed by atoms with E-state index < -0.39 is 49.3 Å². The summed E-state index contributed by atoms with van der Waals surface area (Å²) in [6, 6.07) is 6.18. The Labute approximate surface area is 233 Å². The van der Waals surface area contributed by atoms with Crippen molar-refractivity contribution >= 4 is 31.2 Å². The Morgan fingerprint density at radius 3 is 2.76 bits per heavy atom. The molecule has 2 fully saturated rings. The second-order valence-electron chi connectivity index (χ2n) is 10.5. The molecule has 6 atom stereocenters. The molecule has 5 N–H and O–H groups in total. The topological polar surface area (TPSA) is 210 Å². The van der Waals surface area contributed by atoms with Crippen molar-refractivity contribution in [2.24, 2.45) is 10.7 Å². The monoisotopic (exact) mass is 592 g/mol. The maximum absolute atomic E-state index is 15.8. The number of aliphatic hydroxyl groups is 1. The third kappa shape index (κ3) is 5.37. The lowest BCUT2D eigenvalue weighted by Crippen LogP contribution is -2.41. The number of rotatable bonds is 9. The number of benzene rings is 1. The zero-order valence-corrected chi connectivity index (χ0v) is 23.2. The summed E-state index contributed by atoms with van der Waals surface area (Å²) < 4.78 is 38.1. The molecule has 14 nitrogen and oxygen atoms in total. The number of aliphatic carboxylic acids is 1. The lowest BCUT2D eigenvalue weighted by atomic mass is 9.85. The summed E-state index contributed by atoms with van der Waals surface area (Å²) in [5.41, 5.74) is 1.01. The predicted molar refractivity (Wildman–Crippen MR) is 142 cm³/mol. The molecule has 3 aromatic rings. The lowest BCUT2D eigenvalue weighted by molar-refractivity contribution is -0.170. The van der Waals surface area contributed by atoms with Crippen LogP contribution >= 0.6 is 8.17 Å². The van der Waals surface area contributed by atoms with Crippen molar-refractivity contribution in [3.05, 3.63) is 40.9 Å². The van der Waals surface area contributed by atoms with Crippen LogP contribution in [0.4, 0.5) is 10.3 Å². The molecule has 1 aliphatic heterocycles. The van der Waals surface area contributed by atoms with Crippen LogP contribution in [0.1, 0.15) is 45.8 Å². The van der Waals surface area contributed by atoms with Crippen molar-refractivity contribution < 1.29 is 38.3 Å². The first-order chi connectivity index (χ1) is 19.4. The Morgan fingerprint density at radius 1 is 1.39 bits per heavy atom. The smallest absolute Gasteiger partial charge is 0.395 e. The van der Waals surface area contributed by atoms with Gasteiger partial charge in [0.05, 0.1) is 6.33 Å². The zero-order valence-electron chi connectivity index (χ0n) is 22.3. The number of aromatic nitrogens is 4. The molecule has 220 valence electrons. The molecule has 16 heteroatoms. The highest BCUT2D eigenvalue weighted by Gasteiger charge is 2.55. The number of alkyl halides is 1. The number of carbonyl (C=O) groups is 1. The van der Waals surface area contributed by atoms with Crippen LogP contribution in [0.15, 0.2) is 40.1 Å². The van der Waals surface area contributed by atoms with E-state index in [0.29, 0.717) is 12.8 Å². The van der Waals surface area contributed by atoms with Gasteiger partial charge in [0.15, 0.2) is 28.8 Å². The van der Waals surface area contributed by atoms with Crippen molar-refractivity contribution in [3.63, 3.8) is 0 Å². The number of carboxylic acids is 1. The van der Waals surface area contributed by atoms with E-state index in [2.05, 4.69) is 19.7 Å². The molecular weight excluding hydrogens is 562 g/mol. The van der Waals surface area contributed by atoms with Crippen molar-refractivity contribution in [1.82, 2.24) is 19.5 Å². The average molecular weight is 593 g/mol. The number of H-pyrrole nitrogens is 1. The number of para-hydroxylation sites is 2. The number of hydrogen-bond donors (Lipinski definition) is 4. The molecule has 5 rings (SSSR count). The number of anilines is 1. The average Bonchev–Trinajstić information content (AvgIpc) is 3.64. The minimum absolute atomic E-state index is 0.0167. The summed E-state index contributed by atoms with van der Waals surface area (Å²) in [6.07, 6.45) is 0.00188. The maximum atomic E-state index is 15.8. The van der Waals surface area contributed by atoms with E-state index in [0.717, 1.165) is 19.8 Å². The van der Waals surface area contributed by atoms with Crippen LogP contribution in [0, 0.1) is 5.92 Å². The first-order valence-electron chi connectivity index (χ1n) is 13.0. The van der Waals surface area contributed by atoms with Gasteiger partial charge >= 0.3 is 14.1 Å². The number of carboxylic acid groups (broad SMARTS) is 1. The molecule has 3 heterocycles. The van der Waals surface area contributed by atoms with Crippen LogP contribution in [0.3, 0.4) is 0 Å². The van der Waals surface area contributed by atoms with Crippen molar-refractivity contribution in [1.29, 1.82) is 0 Å². The minimum Gasteiger partial charge on any atom is -0.575 e. The van der Waals surface area contributed by atoms with Crippen LogP contribution < -0.4 is 25.4 Å². The fraction of sp³-hybridized carbons (Fsp3) is 0.520. The molecule has 41 heavy (non-hydrogen) atoms. The number of nitrogens with one attached hydrogen (secondary N) is 1. The summed E-state index contributed by atoms with van der Waals surface area (Å²) in [7, 11) is -2.79. The molecule has 0 amide bonds. The quantitative estimate of drug-likeness (QED) is 0.264. The molecule has 1 saturated carbocycles. The number of aromatic amines is 1. The van der Waals surface area contributed by atoms with Gasteiger partial charge in [-0.15, -0.1) is 0 Å². The van der Waals surface area contributed by atoms with Gasteiger partial charge in [-0.3, -0.25) is 18.9 Å². The van der Waals surface area contributed by atoms with Gasteiger partial charge in [-0.25, -0.2) is 14.2 Å². The normalized spacial score (nSPS) is 26.8. The molecule has 1 saturated heterocycles. The molecule has 0 bridgehead atoms. The van der Waals surface area contributed by atoms with Gasteiger partial charge in [0.2, 0.25) is 17.2 Å². The van der Waals surface area contributed by atoms with E-state index in [-0.39, 0.29) is 41.1 Å². The zero-order chi connectivity index (χ0) is 29.5. The Kier molecular flexibility index (Phi) is 7.72. The number of imidazole rings is 1. The number of halogens is 1. The highest BCUT2D eigenvalue weighted by molar-refractivity contribution is 7.34. The van der Waals surface area contributed by atoms with E-state index in [4.69, 9.17) is 19.7 Å². The van der Waals surface area contributed by atoms with Crippen LogP contribution in [-0.4, -0.2) is 65.7 Å². The fourth-order valence-corrected chi connectivity index (χ4v) is 6.29. The summed E-state index contributed by atoms with van der Waals surface area (Å²) in [5.74, 6) is -1.52. The number of fused-ring (bicyclic) bond motifs is 1. The molecule has 1 aromatic carbocycles. The van der Waals surface area contributed by atoms with Gasteiger partial charge in [-0.05, 0) is 44.7 Å². The number of hydrogen-bond acceptors (Lipinski definition) is 11. The second-order valence-corrected chi connectivity index (χ2v) is 11.4. The van der Waals surface area contributed by atoms with Gasteiger partial charge in [-0.2, -0.15) is 4.98 Å². The number of nitrogens with two attached hydrogens (primary N) is 1. The van der Waals surface area contributed by atoms with Gasteiger partial charge in [0.1, 0.15) is 18.8 Å². The Hall–Kier alpha value is -3.65. The van der Waals surface area contributed by atoms with E-state index >= 15 is 4.39 Å². The molecular formula is C25H30FN6O8P. The SMILES string of the molecule is C[C@@]1(F)[C@H](O)[C@@H](COc2ccccc2O[P+]([O-])=N[C@](C)(C(=O)O)C2CCCC2)O[C@H]1n1cnc2c(=O)[nH]c(N)nc21. The van der Waals surface area contributed by atoms with E-state index in [1.807, 2.05) is 0 Å². The summed E-state index contributed by atoms with van der Waals surface area (Å²) >= 11 is 0. The molecule has 1 aliphatic carbocycles. The number of aliphatic hydroxyl groups excluding tert-OH is 1. The van der Waals surface area contributed by atoms with Gasteiger partial charge in [0, 0.05) is 0 Å². The van der Waals surface area contributed by atoms with Crippen molar-refractivity contribution in [2.75, 3.05) is 12.3 Å². The van der Waals surface area contributed by atoms with Crippen LogP contribution in [0.2, 0.25) is 0 Å². The number of ether oxygens (including phenoxy) is 2. The second kappa shape index (κ2) is 11.0. The van der Waals surface area contributed by atoms with Crippen LogP contribution in [0.5, 0.6) is 11.5 Å². The first kappa shape index (κ1) is 28.9. The third-order valence-electron chi connectivity index (χ3n) is 7.72. The van der Waals surface area contributed by atoms with Gasteiger partial charge < -0.3 is 30.3 Å².